The molecule has 0 bridgehead atoms. The lowest BCUT2D eigenvalue weighted by Gasteiger charge is -2.12. The molecular weight excluding hydrogens is 208 g/mol. The fraction of sp³-hybridized carbons (Fsp3) is 0.455. The summed E-state index contributed by atoms with van der Waals surface area (Å²) >= 11 is 0. The summed E-state index contributed by atoms with van der Waals surface area (Å²) < 4.78 is 5.38. The largest absolute Gasteiger partial charge is 0.485 e. The minimum Gasteiger partial charge on any atom is -0.485 e. The standard InChI is InChI=1S/C11H16N2O3/c1-7-4-8(2)11(16-6-9(3)12)10(5-7)13(14)15/h4-5,9H,6,12H2,1-3H3. The van der Waals surface area contributed by atoms with Gasteiger partial charge in [-0.2, -0.15) is 0 Å². The molecule has 0 fully saturated rings. The Morgan fingerprint density at radius 1 is 1.50 bits per heavy atom. The van der Waals surface area contributed by atoms with E-state index in [9.17, 15) is 10.1 Å². The van der Waals surface area contributed by atoms with Gasteiger partial charge in [-0.05, 0) is 31.9 Å². The lowest BCUT2D eigenvalue weighted by Crippen LogP contribution is -2.24. The van der Waals surface area contributed by atoms with Crippen molar-refractivity contribution in [1.82, 2.24) is 0 Å². The molecule has 0 heterocycles. The highest BCUT2D eigenvalue weighted by Crippen LogP contribution is 2.31. The number of rotatable bonds is 4. The molecule has 0 aromatic heterocycles. The van der Waals surface area contributed by atoms with Crippen LogP contribution < -0.4 is 10.5 Å². The Morgan fingerprint density at radius 2 is 2.12 bits per heavy atom. The summed E-state index contributed by atoms with van der Waals surface area (Å²) in [6, 6.07) is 3.20. The number of hydrogen-bond acceptors (Lipinski definition) is 4. The average Bonchev–Trinajstić information content (AvgIpc) is 2.14. The predicted octanol–water partition coefficient (Wildman–Crippen LogP) is 1.94. The minimum absolute atomic E-state index is 0.00171. The topological polar surface area (TPSA) is 78.4 Å². The summed E-state index contributed by atoms with van der Waals surface area (Å²) in [5.74, 6) is 0.313. The number of nitrogens with two attached hydrogens (primary N) is 1. The van der Waals surface area contributed by atoms with Gasteiger partial charge in [-0.1, -0.05) is 6.07 Å². The molecule has 1 atom stereocenters. The third-order valence-corrected chi connectivity index (χ3v) is 2.09. The summed E-state index contributed by atoms with van der Waals surface area (Å²) in [6.45, 7) is 5.66. The van der Waals surface area contributed by atoms with Crippen molar-refractivity contribution in [3.8, 4) is 5.75 Å². The van der Waals surface area contributed by atoms with E-state index in [1.54, 1.807) is 13.8 Å². The van der Waals surface area contributed by atoms with Gasteiger partial charge >= 0.3 is 5.69 Å². The van der Waals surface area contributed by atoms with Crippen molar-refractivity contribution >= 4 is 5.69 Å². The number of ether oxygens (including phenoxy) is 1. The van der Waals surface area contributed by atoms with E-state index in [1.807, 2.05) is 13.0 Å². The molecule has 0 aliphatic rings. The van der Waals surface area contributed by atoms with Crippen LogP contribution in [-0.4, -0.2) is 17.6 Å². The molecule has 16 heavy (non-hydrogen) atoms. The molecule has 1 aromatic carbocycles. The fourth-order valence-corrected chi connectivity index (χ4v) is 1.47. The molecule has 0 aliphatic heterocycles. The van der Waals surface area contributed by atoms with Crippen LogP contribution in [0, 0.1) is 24.0 Å². The van der Waals surface area contributed by atoms with E-state index in [0.29, 0.717) is 5.75 Å². The lowest BCUT2D eigenvalue weighted by atomic mass is 10.1. The van der Waals surface area contributed by atoms with Crippen LogP contribution in [0.2, 0.25) is 0 Å². The Labute approximate surface area is 94.4 Å². The van der Waals surface area contributed by atoms with Crippen molar-refractivity contribution in [3.05, 3.63) is 33.4 Å². The molecule has 0 saturated heterocycles. The zero-order valence-electron chi connectivity index (χ0n) is 9.69. The van der Waals surface area contributed by atoms with E-state index in [0.717, 1.165) is 11.1 Å². The highest BCUT2D eigenvalue weighted by Gasteiger charge is 2.18. The first-order chi connectivity index (χ1) is 7.41. The second-order valence-electron chi connectivity index (χ2n) is 3.98. The maximum Gasteiger partial charge on any atom is 0.311 e. The lowest BCUT2D eigenvalue weighted by molar-refractivity contribution is -0.386. The number of nitro benzene ring substituents is 1. The van der Waals surface area contributed by atoms with Crippen LogP contribution in [0.5, 0.6) is 5.75 Å². The number of nitro groups is 1. The number of aryl methyl sites for hydroxylation is 2. The maximum absolute atomic E-state index is 10.9. The van der Waals surface area contributed by atoms with E-state index in [2.05, 4.69) is 0 Å². The maximum atomic E-state index is 10.9. The van der Waals surface area contributed by atoms with Gasteiger partial charge < -0.3 is 10.5 Å². The molecule has 1 rings (SSSR count). The molecule has 1 aromatic rings. The van der Waals surface area contributed by atoms with Crippen LogP contribution >= 0.6 is 0 Å². The highest BCUT2D eigenvalue weighted by atomic mass is 16.6. The Kier molecular flexibility index (Phi) is 3.84. The van der Waals surface area contributed by atoms with E-state index >= 15 is 0 Å². The Bertz CT molecular complexity index is 402. The number of nitrogens with zero attached hydrogens (tertiary/aromatic N) is 1. The van der Waals surface area contributed by atoms with Crippen LogP contribution in [0.1, 0.15) is 18.1 Å². The monoisotopic (exact) mass is 224 g/mol. The van der Waals surface area contributed by atoms with Gasteiger partial charge in [0, 0.05) is 12.1 Å². The molecule has 0 aliphatic carbocycles. The summed E-state index contributed by atoms with van der Waals surface area (Å²) in [5.41, 5.74) is 7.15. The van der Waals surface area contributed by atoms with Crippen LogP contribution in [0.15, 0.2) is 12.1 Å². The third kappa shape index (κ3) is 2.93. The van der Waals surface area contributed by atoms with Crippen LogP contribution in [0.3, 0.4) is 0 Å². The summed E-state index contributed by atoms with van der Waals surface area (Å²) in [7, 11) is 0. The second-order valence-corrected chi connectivity index (χ2v) is 3.98. The number of benzene rings is 1. The van der Waals surface area contributed by atoms with Crippen LogP contribution in [0.25, 0.3) is 0 Å². The molecule has 2 N–H and O–H groups in total. The zero-order chi connectivity index (χ0) is 12.3. The van der Waals surface area contributed by atoms with Gasteiger partial charge in [0.15, 0.2) is 5.75 Å². The molecule has 1 unspecified atom stereocenters. The quantitative estimate of drug-likeness (QED) is 0.626. The fourth-order valence-electron chi connectivity index (χ4n) is 1.47. The van der Waals surface area contributed by atoms with E-state index in [4.69, 9.17) is 10.5 Å². The van der Waals surface area contributed by atoms with E-state index in [-0.39, 0.29) is 18.3 Å². The van der Waals surface area contributed by atoms with E-state index < -0.39 is 4.92 Å². The molecule has 88 valence electrons. The molecule has 5 heteroatoms. The van der Waals surface area contributed by atoms with E-state index in [1.165, 1.54) is 6.07 Å². The Balaban J connectivity index is 3.09. The van der Waals surface area contributed by atoms with Crippen molar-refractivity contribution in [3.63, 3.8) is 0 Å². The van der Waals surface area contributed by atoms with Crippen molar-refractivity contribution in [2.24, 2.45) is 5.73 Å². The summed E-state index contributed by atoms with van der Waals surface area (Å²) in [4.78, 5) is 10.4. The van der Waals surface area contributed by atoms with Gasteiger partial charge in [0.2, 0.25) is 0 Å². The molecular formula is C11H16N2O3. The summed E-state index contributed by atoms with van der Waals surface area (Å²) in [6.07, 6.45) is 0. The second kappa shape index (κ2) is 4.94. The number of hydrogen-bond donors (Lipinski definition) is 1. The predicted molar refractivity (Wildman–Crippen MR) is 61.7 cm³/mol. The van der Waals surface area contributed by atoms with Crippen molar-refractivity contribution < 1.29 is 9.66 Å². The van der Waals surface area contributed by atoms with Gasteiger partial charge in [0.05, 0.1) is 4.92 Å². The van der Waals surface area contributed by atoms with Gasteiger partial charge in [-0.25, -0.2) is 0 Å². The smallest absolute Gasteiger partial charge is 0.311 e. The Hall–Kier alpha value is -1.62. The van der Waals surface area contributed by atoms with Gasteiger partial charge in [0.1, 0.15) is 6.61 Å². The zero-order valence-corrected chi connectivity index (χ0v) is 9.69. The molecule has 5 nitrogen and oxygen atoms in total. The van der Waals surface area contributed by atoms with Gasteiger partial charge in [0.25, 0.3) is 0 Å². The van der Waals surface area contributed by atoms with Crippen molar-refractivity contribution in [2.45, 2.75) is 26.8 Å². The minimum atomic E-state index is -0.434. The molecule has 0 radical (unpaired) electrons. The highest BCUT2D eigenvalue weighted by molar-refractivity contribution is 5.53. The van der Waals surface area contributed by atoms with Crippen LogP contribution in [-0.2, 0) is 0 Å². The van der Waals surface area contributed by atoms with Gasteiger partial charge in [-0.15, -0.1) is 0 Å². The molecule has 0 saturated carbocycles. The first-order valence-corrected chi connectivity index (χ1v) is 5.06. The Morgan fingerprint density at radius 3 is 2.62 bits per heavy atom. The van der Waals surface area contributed by atoms with Crippen LogP contribution in [0.4, 0.5) is 5.69 Å². The normalized spacial score (nSPS) is 12.2. The SMILES string of the molecule is Cc1cc(C)c(OCC(C)N)c([N+](=O)[O-])c1. The van der Waals surface area contributed by atoms with Gasteiger partial charge in [-0.3, -0.25) is 10.1 Å². The first-order valence-electron chi connectivity index (χ1n) is 5.06. The summed E-state index contributed by atoms with van der Waals surface area (Å²) in [5, 5.41) is 10.9. The average molecular weight is 224 g/mol. The molecule has 0 amide bonds. The first kappa shape index (κ1) is 12.4. The van der Waals surface area contributed by atoms with Crippen molar-refractivity contribution in [2.75, 3.05) is 6.61 Å². The third-order valence-electron chi connectivity index (χ3n) is 2.09. The molecule has 0 spiro atoms. The van der Waals surface area contributed by atoms with Crippen molar-refractivity contribution in [1.29, 1.82) is 0 Å².